The fraction of sp³-hybridized carbons (Fsp3) is 0. The smallest absolute Gasteiger partial charge is 0.160 e. The quantitative estimate of drug-likeness (QED) is 0.124. The van der Waals surface area contributed by atoms with Gasteiger partial charge < -0.3 is 0 Å². The molecule has 0 radical (unpaired) electrons. The number of hydrogen-bond donors (Lipinski definition) is 0. The molecule has 12 aromatic rings. The number of rotatable bonds is 6. The molecule has 0 bridgehead atoms. The molecule has 12 rings (SSSR count). The molecule has 0 aliphatic heterocycles. The summed E-state index contributed by atoms with van der Waals surface area (Å²) in [6.45, 7) is 0. The molecule has 2 aromatic heterocycles. The van der Waals surface area contributed by atoms with Crippen LogP contribution in [0.3, 0.4) is 0 Å². The Bertz CT molecular complexity index is 3640. The van der Waals surface area contributed by atoms with Gasteiger partial charge in [-0.3, -0.25) is 0 Å². The number of hydrogen-bond acceptors (Lipinski definition) is 3. The minimum Gasteiger partial charge on any atom is -0.228 e. The van der Waals surface area contributed by atoms with Crippen molar-refractivity contribution in [2.24, 2.45) is 0 Å². The van der Waals surface area contributed by atoms with Crippen molar-refractivity contribution in [2.45, 2.75) is 0 Å². The monoisotopic (exact) mass is 792 g/mol. The van der Waals surface area contributed by atoms with E-state index in [1.165, 1.54) is 63.6 Å². The third-order valence-corrected chi connectivity index (χ3v) is 13.2. The largest absolute Gasteiger partial charge is 0.228 e. The van der Waals surface area contributed by atoms with E-state index in [4.69, 9.17) is 9.97 Å². The van der Waals surface area contributed by atoms with Crippen LogP contribution in [0.2, 0.25) is 0 Å². The number of aromatic nitrogens is 2. The minimum atomic E-state index is 0.693. The molecule has 10 aromatic carbocycles. The van der Waals surface area contributed by atoms with Crippen molar-refractivity contribution < 1.29 is 0 Å². The highest BCUT2D eigenvalue weighted by molar-refractivity contribution is 7.25. The van der Waals surface area contributed by atoms with E-state index < -0.39 is 0 Å². The van der Waals surface area contributed by atoms with Gasteiger partial charge in [-0.05, 0) is 120 Å². The van der Waals surface area contributed by atoms with Gasteiger partial charge in [0.2, 0.25) is 0 Å². The van der Waals surface area contributed by atoms with Crippen molar-refractivity contribution in [3.8, 4) is 67.3 Å². The van der Waals surface area contributed by atoms with Crippen LogP contribution in [-0.2, 0) is 0 Å². The van der Waals surface area contributed by atoms with Crippen molar-refractivity contribution in [2.75, 3.05) is 0 Å². The summed E-state index contributed by atoms with van der Waals surface area (Å²) < 4.78 is 2.60. The molecule has 2 heterocycles. The summed E-state index contributed by atoms with van der Waals surface area (Å²) in [6.07, 6.45) is 0. The predicted octanol–water partition coefficient (Wildman–Crippen LogP) is 16.3. The third kappa shape index (κ3) is 6.26. The first-order valence-corrected chi connectivity index (χ1v) is 21.5. The average molecular weight is 793 g/mol. The number of nitrogens with zero attached hydrogens (tertiary/aromatic N) is 2. The lowest BCUT2D eigenvalue weighted by Crippen LogP contribution is -1.97. The van der Waals surface area contributed by atoms with Gasteiger partial charge in [0.25, 0.3) is 0 Å². The molecule has 0 spiro atoms. The Morgan fingerprint density at radius 2 is 0.852 bits per heavy atom. The Morgan fingerprint density at radius 1 is 0.262 bits per heavy atom. The molecule has 61 heavy (non-hydrogen) atoms. The molecule has 284 valence electrons. The topological polar surface area (TPSA) is 25.8 Å². The molecule has 0 saturated carbocycles. The van der Waals surface area contributed by atoms with Crippen molar-refractivity contribution >= 4 is 63.8 Å². The van der Waals surface area contributed by atoms with Crippen LogP contribution in [-0.4, -0.2) is 9.97 Å². The maximum absolute atomic E-state index is 5.33. The molecule has 3 heteroatoms. The van der Waals surface area contributed by atoms with Crippen LogP contribution in [0.1, 0.15) is 0 Å². The molecule has 0 aliphatic rings. The van der Waals surface area contributed by atoms with Gasteiger partial charge in [0.1, 0.15) is 0 Å². The van der Waals surface area contributed by atoms with E-state index >= 15 is 0 Å². The molecule has 2 nitrogen and oxygen atoms in total. The van der Waals surface area contributed by atoms with E-state index in [2.05, 4.69) is 212 Å². The Labute approximate surface area is 357 Å². The minimum absolute atomic E-state index is 0.693. The van der Waals surface area contributed by atoms with Gasteiger partial charge in [0, 0.05) is 36.9 Å². The van der Waals surface area contributed by atoms with Crippen LogP contribution in [0.25, 0.3) is 120 Å². The van der Waals surface area contributed by atoms with E-state index in [0.29, 0.717) is 5.82 Å². The molecule has 0 fully saturated rings. The van der Waals surface area contributed by atoms with Crippen LogP contribution >= 0.6 is 11.3 Å². The summed E-state index contributed by atoms with van der Waals surface area (Å²) >= 11 is 1.85. The summed E-state index contributed by atoms with van der Waals surface area (Å²) in [5.74, 6) is 0.693. The number of benzene rings is 10. The summed E-state index contributed by atoms with van der Waals surface area (Å²) in [7, 11) is 0. The fourth-order valence-electron chi connectivity index (χ4n) is 9.07. The Hall–Kier alpha value is -7.72. The van der Waals surface area contributed by atoms with Gasteiger partial charge in [-0.15, -0.1) is 11.3 Å². The first-order chi connectivity index (χ1) is 30.2. The highest BCUT2D eigenvalue weighted by atomic mass is 32.1. The van der Waals surface area contributed by atoms with Gasteiger partial charge >= 0.3 is 0 Å². The second-order valence-corrected chi connectivity index (χ2v) is 16.8. The first-order valence-electron chi connectivity index (χ1n) is 20.7. The van der Waals surface area contributed by atoms with Gasteiger partial charge in [-0.1, -0.05) is 164 Å². The molecule has 0 aliphatic carbocycles. The Morgan fingerprint density at radius 3 is 1.67 bits per heavy atom. The normalized spacial score (nSPS) is 11.6. The van der Waals surface area contributed by atoms with E-state index in [1.54, 1.807) is 0 Å². The first kappa shape index (κ1) is 35.2. The fourth-order valence-corrected chi connectivity index (χ4v) is 10.2. The lowest BCUT2D eigenvalue weighted by atomic mass is 9.89. The zero-order valence-electron chi connectivity index (χ0n) is 33.1. The zero-order chi connectivity index (χ0) is 40.3. The molecule has 0 saturated heterocycles. The van der Waals surface area contributed by atoms with Crippen molar-refractivity contribution in [3.63, 3.8) is 0 Å². The predicted molar refractivity (Wildman–Crippen MR) is 260 cm³/mol. The van der Waals surface area contributed by atoms with Crippen LogP contribution in [0.15, 0.2) is 218 Å². The second kappa shape index (κ2) is 14.5. The van der Waals surface area contributed by atoms with Gasteiger partial charge in [-0.2, -0.15) is 0 Å². The van der Waals surface area contributed by atoms with E-state index in [0.717, 1.165) is 50.3 Å². The summed E-state index contributed by atoms with van der Waals surface area (Å²) in [5, 5.41) is 10.0. The SMILES string of the molecule is c1ccc(-c2cc(-c3ccc4sc5ccccc5c4c3)cc(-c3cc(-c4cccc(-c5c6ccccc6cc6c5ccc5ccccc56)c4)nc(-c4ccccc4)n3)c2)cc1. The summed E-state index contributed by atoms with van der Waals surface area (Å²) in [4.78, 5) is 10.6. The van der Waals surface area contributed by atoms with E-state index in [-0.39, 0.29) is 0 Å². The van der Waals surface area contributed by atoms with Crippen LogP contribution in [0.5, 0.6) is 0 Å². The summed E-state index contributed by atoms with van der Waals surface area (Å²) in [5.41, 5.74) is 11.8. The van der Waals surface area contributed by atoms with E-state index in [9.17, 15) is 0 Å². The lowest BCUT2D eigenvalue weighted by molar-refractivity contribution is 1.18. The average Bonchev–Trinajstić information content (AvgIpc) is 3.71. The molecule has 0 atom stereocenters. The van der Waals surface area contributed by atoms with E-state index in [1.807, 2.05) is 17.4 Å². The third-order valence-electron chi connectivity index (χ3n) is 12.0. The molecule has 0 unspecified atom stereocenters. The van der Waals surface area contributed by atoms with Crippen LogP contribution < -0.4 is 0 Å². The highest BCUT2D eigenvalue weighted by Gasteiger charge is 2.17. The standard InChI is InChI=1S/C58H36N2S/c1-3-14-37(15-4-1)44-31-45(40-27-29-56-52(34-40)49-24-11-12-25-55(49)61-56)33-46(32-44)54-36-53(59-58(60-54)39-17-5-2-6-18-39)42-20-13-21-43(30-42)57-48-23-10-8-19-41(48)35-51-47-22-9-7-16-38(47)26-28-50(51)57/h1-36H. The van der Waals surface area contributed by atoms with Gasteiger partial charge in [0.15, 0.2) is 5.82 Å². The van der Waals surface area contributed by atoms with Crippen molar-refractivity contribution in [3.05, 3.63) is 218 Å². The van der Waals surface area contributed by atoms with Gasteiger partial charge in [-0.25, -0.2) is 9.97 Å². The van der Waals surface area contributed by atoms with Crippen LogP contribution in [0, 0.1) is 0 Å². The highest BCUT2D eigenvalue weighted by Crippen LogP contribution is 2.42. The number of fused-ring (bicyclic) bond motifs is 7. The van der Waals surface area contributed by atoms with Crippen molar-refractivity contribution in [1.29, 1.82) is 0 Å². The molecule has 0 amide bonds. The maximum Gasteiger partial charge on any atom is 0.160 e. The molecular formula is C58H36N2S. The van der Waals surface area contributed by atoms with Crippen molar-refractivity contribution in [1.82, 2.24) is 9.97 Å². The Kier molecular flexibility index (Phi) is 8.39. The lowest BCUT2D eigenvalue weighted by Gasteiger charge is -2.16. The van der Waals surface area contributed by atoms with Gasteiger partial charge in [0.05, 0.1) is 11.4 Å². The Balaban J connectivity index is 1.06. The number of thiophene rings is 1. The zero-order valence-corrected chi connectivity index (χ0v) is 33.9. The van der Waals surface area contributed by atoms with Crippen LogP contribution in [0.4, 0.5) is 0 Å². The summed E-state index contributed by atoms with van der Waals surface area (Å²) in [6, 6.07) is 78.9. The molecule has 0 N–H and O–H groups in total. The maximum atomic E-state index is 5.33. The second-order valence-electron chi connectivity index (χ2n) is 15.7. The molecular weight excluding hydrogens is 757 g/mol.